The van der Waals surface area contributed by atoms with E-state index < -0.39 is 28.5 Å². The van der Waals surface area contributed by atoms with E-state index >= 15 is 0 Å². The highest BCUT2D eigenvalue weighted by atomic mass is 32.2. The Morgan fingerprint density at radius 2 is 1.40 bits per heavy atom. The van der Waals surface area contributed by atoms with Crippen LogP contribution < -0.4 is 33.3 Å². The molecule has 1 aliphatic rings. The van der Waals surface area contributed by atoms with E-state index in [0.717, 1.165) is 35.6 Å². The molecule has 48 heavy (non-hydrogen) atoms. The minimum Gasteiger partial charge on any atom is -0.497 e. The minimum atomic E-state index is -4.45. The van der Waals surface area contributed by atoms with Gasteiger partial charge >= 0.3 is 0 Å². The third-order valence-corrected chi connectivity index (χ3v) is 10.2. The van der Waals surface area contributed by atoms with Crippen molar-refractivity contribution in [1.29, 1.82) is 0 Å². The number of amides is 2. The van der Waals surface area contributed by atoms with Crippen LogP contribution in [-0.2, 0) is 26.2 Å². The fourth-order valence-corrected chi connectivity index (χ4v) is 7.26. The molecule has 12 nitrogen and oxygen atoms in total. The molecular formula is C35H45N3O9S. The fourth-order valence-electron chi connectivity index (χ4n) is 5.82. The zero-order valence-corrected chi connectivity index (χ0v) is 29.2. The number of rotatable bonds is 16. The summed E-state index contributed by atoms with van der Waals surface area (Å²) in [5.74, 6) is 0.845. The summed E-state index contributed by atoms with van der Waals surface area (Å²) in [5.41, 5.74) is 0.817. The monoisotopic (exact) mass is 683 g/mol. The molecule has 1 aliphatic carbocycles. The topological polar surface area (TPSA) is 133 Å². The van der Waals surface area contributed by atoms with Gasteiger partial charge in [0.1, 0.15) is 29.8 Å². The molecular weight excluding hydrogens is 638 g/mol. The van der Waals surface area contributed by atoms with E-state index in [1.807, 2.05) is 19.1 Å². The van der Waals surface area contributed by atoms with Gasteiger partial charge in [0.2, 0.25) is 11.8 Å². The lowest BCUT2D eigenvalue weighted by atomic mass is 10.1. The molecule has 4 rings (SSSR count). The van der Waals surface area contributed by atoms with Crippen molar-refractivity contribution in [2.45, 2.75) is 62.6 Å². The van der Waals surface area contributed by atoms with Crippen LogP contribution in [0.1, 0.15) is 44.6 Å². The largest absolute Gasteiger partial charge is 0.497 e. The van der Waals surface area contributed by atoms with Crippen LogP contribution in [0.5, 0.6) is 28.7 Å². The number of anilines is 1. The van der Waals surface area contributed by atoms with Crippen LogP contribution in [0.15, 0.2) is 65.6 Å². The summed E-state index contributed by atoms with van der Waals surface area (Å²) in [6, 6.07) is 15.2. The Balaban J connectivity index is 1.81. The molecule has 0 aromatic heterocycles. The first-order chi connectivity index (χ1) is 23.1. The number of hydrogen-bond acceptors (Lipinski definition) is 9. The summed E-state index contributed by atoms with van der Waals surface area (Å²) in [7, 11) is 2.82. The Morgan fingerprint density at radius 3 is 1.98 bits per heavy atom. The Labute approximate surface area is 282 Å². The SMILES string of the molecule is CC[C@@H](C(=O)NC1CCCC1)N(Cc1ccc(OC)cc1)C(=O)CN(c1cc(OC)ccc1OC)S(=O)(=O)c1ccc(OC)c(OC)c1. The van der Waals surface area contributed by atoms with Gasteiger partial charge in [-0.25, -0.2) is 8.42 Å². The molecule has 1 atom stereocenters. The van der Waals surface area contributed by atoms with Gasteiger partial charge in [0.05, 0.1) is 46.1 Å². The van der Waals surface area contributed by atoms with Crippen LogP contribution in [0.2, 0.25) is 0 Å². The number of carbonyl (C=O) groups is 2. The minimum absolute atomic E-state index is 0.0347. The molecule has 2 amide bonds. The van der Waals surface area contributed by atoms with E-state index in [4.69, 9.17) is 23.7 Å². The Hall–Kier alpha value is -4.65. The van der Waals surface area contributed by atoms with E-state index in [-0.39, 0.29) is 40.6 Å². The van der Waals surface area contributed by atoms with E-state index in [9.17, 15) is 18.0 Å². The third-order valence-electron chi connectivity index (χ3n) is 8.48. The van der Waals surface area contributed by atoms with Crippen molar-refractivity contribution in [2.75, 3.05) is 46.4 Å². The first kappa shape index (κ1) is 36.2. The molecule has 3 aromatic rings. The second kappa shape index (κ2) is 16.4. The predicted octanol–water partition coefficient (Wildman–Crippen LogP) is 4.79. The van der Waals surface area contributed by atoms with Crippen molar-refractivity contribution in [3.05, 3.63) is 66.2 Å². The highest BCUT2D eigenvalue weighted by Crippen LogP contribution is 2.38. The Morgan fingerprint density at radius 1 is 0.792 bits per heavy atom. The second-order valence-electron chi connectivity index (χ2n) is 11.3. The van der Waals surface area contributed by atoms with Crippen LogP contribution in [0, 0.1) is 0 Å². The molecule has 3 aromatic carbocycles. The number of hydrogen-bond donors (Lipinski definition) is 1. The van der Waals surface area contributed by atoms with Crippen LogP contribution in [0.4, 0.5) is 5.69 Å². The lowest BCUT2D eigenvalue weighted by Crippen LogP contribution is -2.53. The van der Waals surface area contributed by atoms with Gasteiger partial charge in [0.25, 0.3) is 10.0 Å². The maximum Gasteiger partial charge on any atom is 0.265 e. The van der Waals surface area contributed by atoms with E-state index in [1.54, 1.807) is 31.4 Å². The molecule has 13 heteroatoms. The maximum atomic E-state index is 14.6. The summed E-state index contributed by atoms with van der Waals surface area (Å²) in [6.45, 7) is 1.24. The predicted molar refractivity (Wildman–Crippen MR) is 182 cm³/mol. The number of benzene rings is 3. The first-order valence-electron chi connectivity index (χ1n) is 15.8. The van der Waals surface area contributed by atoms with Crippen molar-refractivity contribution < 1.29 is 41.7 Å². The fraction of sp³-hybridized carbons (Fsp3) is 0.429. The first-order valence-corrected chi connectivity index (χ1v) is 17.2. The molecule has 0 unspecified atom stereocenters. The van der Waals surface area contributed by atoms with Crippen molar-refractivity contribution in [2.24, 2.45) is 0 Å². The standard InChI is InChI=1S/C35H45N3O9S/c1-7-29(35(40)36-25-10-8-9-11-25)37(22-24-12-14-26(43-2)15-13-24)34(39)23-38(30-20-27(44-3)16-18-31(30)45-4)48(41,42)28-17-19-32(46-5)33(21-28)47-6/h12-21,25,29H,7-11,22-23H2,1-6H3,(H,36,40)/t29-/m0/s1. The molecule has 0 spiro atoms. The van der Waals surface area contributed by atoms with Crippen molar-refractivity contribution >= 4 is 27.5 Å². The molecule has 1 saturated carbocycles. The summed E-state index contributed by atoms with van der Waals surface area (Å²) >= 11 is 0. The molecule has 0 bridgehead atoms. The lowest BCUT2D eigenvalue weighted by Gasteiger charge is -2.34. The van der Waals surface area contributed by atoms with Crippen molar-refractivity contribution in [3.8, 4) is 28.7 Å². The molecule has 0 radical (unpaired) electrons. The number of carbonyl (C=O) groups excluding carboxylic acids is 2. The molecule has 260 valence electrons. The van der Waals surface area contributed by atoms with Crippen molar-refractivity contribution in [3.63, 3.8) is 0 Å². The van der Waals surface area contributed by atoms with Crippen LogP contribution >= 0.6 is 0 Å². The zero-order chi connectivity index (χ0) is 34.8. The van der Waals surface area contributed by atoms with Crippen LogP contribution in [0.25, 0.3) is 0 Å². The van der Waals surface area contributed by atoms with E-state index in [1.165, 1.54) is 57.6 Å². The van der Waals surface area contributed by atoms with Gasteiger partial charge in [0, 0.05) is 24.7 Å². The average molecular weight is 684 g/mol. The molecule has 1 fully saturated rings. The maximum absolute atomic E-state index is 14.6. The number of nitrogens with zero attached hydrogens (tertiary/aromatic N) is 2. The number of ether oxygens (including phenoxy) is 5. The van der Waals surface area contributed by atoms with Gasteiger partial charge in [-0.15, -0.1) is 0 Å². The normalized spacial score (nSPS) is 13.7. The van der Waals surface area contributed by atoms with Crippen molar-refractivity contribution in [1.82, 2.24) is 10.2 Å². The lowest BCUT2D eigenvalue weighted by molar-refractivity contribution is -0.140. The number of nitrogens with one attached hydrogen (secondary N) is 1. The highest BCUT2D eigenvalue weighted by Gasteiger charge is 2.36. The van der Waals surface area contributed by atoms with Crippen LogP contribution in [-0.4, -0.2) is 79.3 Å². The van der Waals surface area contributed by atoms with E-state index in [2.05, 4.69) is 5.32 Å². The molecule has 0 aliphatic heterocycles. The van der Waals surface area contributed by atoms with Gasteiger partial charge in [0.15, 0.2) is 11.5 Å². The summed E-state index contributed by atoms with van der Waals surface area (Å²) in [6.07, 6.45) is 4.12. The Bertz CT molecular complexity index is 1660. The van der Waals surface area contributed by atoms with Gasteiger partial charge in [-0.2, -0.15) is 0 Å². The number of sulfonamides is 1. The molecule has 0 saturated heterocycles. The zero-order valence-electron chi connectivity index (χ0n) is 28.4. The highest BCUT2D eigenvalue weighted by molar-refractivity contribution is 7.92. The quantitative estimate of drug-likeness (QED) is 0.226. The molecule has 0 heterocycles. The van der Waals surface area contributed by atoms with E-state index in [0.29, 0.717) is 23.7 Å². The second-order valence-corrected chi connectivity index (χ2v) is 13.2. The molecule has 1 N–H and O–H groups in total. The van der Waals surface area contributed by atoms with Crippen LogP contribution in [0.3, 0.4) is 0 Å². The van der Waals surface area contributed by atoms with Gasteiger partial charge in [-0.05, 0) is 61.2 Å². The average Bonchev–Trinajstić information content (AvgIpc) is 3.62. The summed E-state index contributed by atoms with van der Waals surface area (Å²) in [5, 5.41) is 3.12. The van der Waals surface area contributed by atoms with Gasteiger partial charge in [-0.3, -0.25) is 13.9 Å². The van der Waals surface area contributed by atoms with Gasteiger partial charge < -0.3 is 33.9 Å². The smallest absolute Gasteiger partial charge is 0.265 e. The van der Waals surface area contributed by atoms with Gasteiger partial charge in [-0.1, -0.05) is 31.9 Å². The summed E-state index contributed by atoms with van der Waals surface area (Å²) < 4.78 is 57.0. The summed E-state index contributed by atoms with van der Waals surface area (Å²) in [4.78, 5) is 29.6. The third kappa shape index (κ3) is 8.25. The number of methoxy groups -OCH3 is 5. The Kier molecular flexibility index (Phi) is 12.4.